The Morgan fingerprint density at radius 2 is 2.13 bits per heavy atom. The number of carboxylic acids is 1. The molecule has 1 aromatic rings. The van der Waals surface area contributed by atoms with Crippen LogP contribution in [0.1, 0.15) is 38.4 Å². The molecule has 2 atom stereocenters. The lowest BCUT2D eigenvalue weighted by molar-refractivity contribution is -0.142. The highest BCUT2D eigenvalue weighted by Gasteiger charge is 2.41. The van der Waals surface area contributed by atoms with Crippen LogP contribution in [0.15, 0.2) is 18.3 Å². The summed E-state index contributed by atoms with van der Waals surface area (Å²) in [4.78, 5) is 29.2. The van der Waals surface area contributed by atoms with E-state index >= 15 is 0 Å². The first kappa shape index (κ1) is 17.2. The first-order valence-corrected chi connectivity index (χ1v) is 7.79. The van der Waals surface area contributed by atoms with Crippen molar-refractivity contribution in [1.29, 1.82) is 0 Å². The van der Waals surface area contributed by atoms with Gasteiger partial charge >= 0.3 is 12.1 Å². The van der Waals surface area contributed by atoms with Crippen molar-refractivity contribution >= 4 is 12.1 Å². The van der Waals surface area contributed by atoms with Crippen LogP contribution in [0, 0.1) is 12.8 Å². The van der Waals surface area contributed by atoms with Crippen LogP contribution in [-0.2, 0) is 16.0 Å². The van der Waals surface area contributed by atoms with E-state index in [1.807, 2.05) is 19.1 Å². The van der Waals surface area contributed by atoms with Gasteiger partial charge in [-0.05, 0) is 64.2 Å². The average molecular weight is 320 g/mol. The van der Waals surface area contributed by atoms with Gasteiger partial charge in [0.1, 0.15) is 11.6 Å². The van der Waals surface area contributed by atoms with Crippen molar-refractivity contribution in [3.63, 3.8) is 0 Å². The normalized spacial score (nSPS) is 21.3. The molecule has 1 fully saturated rings. The molecular formula is C17H24N2O4. The number of likely N-dealkylation sites (tertiary alicyclic amines) is 1. The van der Waals surface area contributed by atoms with Crippen LogP contribution in [0.5, 0.6) is 0 Å². The van der Waals surface area contributed by atoms with Crippen molar-refractivity contribution in [2.45, 2.75) is 52.2 Å². The molecule has 1 aromatic heterocycles. The van der Waals surface area contributed by atoms with Gasteiger partial charge in [-0.1, -0.05) is 0 Å². The Kier molecular flexibility index (Phi) is 4.92. The summed E-state index contributed by atoms with van der Waals surface area (Å²) in [5.41, 5.74) is 1.40. The number of carbonyl (C=O) groups excluding carboxylic acids is 1. The molecule has 2 rings (SSSR count). The van der Waals surface area contributed by atoms with Crippen LogP contribution < -0.4 is 0 Å². The van der Waals surface area contributed by atoms with Gasteiger partial charge in [0, 0.05) is 18.4 Å². The second kappa shape index (κ2) is 6.56. The Balaban J connectivity index is 2.08. The molecule has 0 aliphatic carbocycles. The molecule has 23 heavy (non-hydrogen) atoms. The number of aliphatic carboxylic acids is 1. The number of aromatic nitrogens is 1. The summed E-state index contributed by atoms with van der Waals surface area (Å²) < 4.78 is 5.33. The number of carboxylic acid groups (broad SMARTS) is 1. The van der Waals surface area contributed by atoms with Crippen molar-refractivity contribution in [2.24, 2.45) is 5.92 Å². The number of aryl methyl sites for hydroxylation is 1. The molecule has 0 aromatic carbocycles. The van der Waals surface area contributed by atoms with Gasteiger partial charge in [0.05, 0.1) is 0 Å². The maximum absolute atomic E-state index is 12.3. The van der Waals surface area contributed by atoms with E-state index in [9.17, 15) is 14.7 Å². The first-order valence-electron chi connectivity index (χ1n) is 7.79. The number of amides is 1. The van der Waals surface area contributed by atoms with E-state index in [4.69, 9.17) is 4.74 Å². The largest absolute Gasteiger partial charge is 0.480 e. The van der Waals surface area contributed by atoms with E-state index in [1.54, 1.807) is 27.0 Å². The smallest absolute Gasteiger partial charge is 0.411 e. The quantitative estimate of drug-likeness (QED) is 0.926. The zero-order chi connectivity index (χ0) is 17.2. The van der Waals surface area contributed by atoms with E-state index < -0.39 is 23.7 Å². The van der Waals surface area contributed by atoms with Crippen LogP contribution in [-0.4, -0.2) is 45.2 Å². The minimum Gasteiger partial charge on any atom is -0.480 e. The molecule has 6 heteroatoms. The molecular weight excluding hydrogens is 296 g/mol. The lowest BCUT2D eigenvalue weighted by Crippen LogP contribution is -2.43. The number of pyridine rings is 1. The number of carbonyl (C=O) groups is 2. The molecule has 126 valence electrons. The zero-order valence-electron chi connectivity index (χ0n) is 14.1. The molecule has 6 nitrogen and oxygen atoms in total. The topological polar surface area (TPSA) is 79.7 Å². The summed E-state index contributed by atoms with van der Waals surface area (Å²) in [6, 6.07) is 3.10. The van der Waals surface area contributed by atoms with Crippen molar-refractivity contribution in [3.8, 4) is 0 Å². The third kappa shape index (κ3) is 4.68. The highest BCUT2D eigenvalue weighted by Crippen LogP contribution is 2.28. The molecule has 0 unspecified atom stereocenters. The van der Waals surface area contributed by atoms with E-state index in [2.05, 4.69) is 4.98 Å². The second-order valence-corrected chi connectivity index (χ2v) is 7.10. The summed E-state index contributed by atoms with van der Waals surface area (Å²) in [5, 5.41) is 9.40. The van der Waals surface area contributed by atoms with Gasteiger partial charge in [-0.2, -0.15) is 0 Å². The summed E-state index contributed by atoms with van der Waals surface area (Å²) in [6.07, 6.45) is 2.36. The third-order valence-corrected chi connectivity index (χ3v) is 3.79. The Bertz CT molecular complexity index is 595. The highest BCUT2D eigenvalue weighted by atomic mass is 16.6. The average Bonchev–Trinajstić information content (AvgIpc) is 2.81. The standard InChI is InChI=1S/C17H24N2O4/c1-11-7-12(5-6-18-11)8-13-9-14(15(20)21)19(10-13)16(22)23-17(2,3)4/h5-7,13-14H,8-10H2,1-4H3,(H,20,21)/t13-,14+/m0/s1. The fourth-order valence-electron chi connectivity index (χ4n) is 2.89. The summed E-state index contributed by atoms with van der Waals surface area (Å²) >= 11 is 0. The van der Waals surface area contributed by atoms with Crippen LogP contribution in [0.3, 0.4) is 0 Å². The van der Waals surface area contributed by atoms with Gasteiger partial charge < -0.3 is 9.84 Å². The van der Waals surface area contributed by atoms with Gasteiger partial charge in [0.2, 0.25) is 0 Å². The van der Waals surface area contributed by atoms with Crippen molar-refractivity contribution in [1.82, 2.24) is 9.88 Å². The van der Waals surface area contributed by atoms with E-state index in [0.29, 0.717) is 13.0 Å². The van der Waals surface area contributed by atoms with Gasteiger partial charge in [0.25, 0.3) is 0 Å². The SMILES string of the molecule is Cc1cc(C[C@H]2C[C@H](C(=O)O)N(C(=O)OC(C)(C)C)C2)ccn1. The predicted octanol–water partition coefficient (Wildman–Crippen LogP) is 2.64. The maximum atomic E-state index is 12.3. The predicted molar refractivity (Wildman–Crippen MR) is 85.1 cm³/mol. The van der Waals surface area contributed by atoms with Gasteiger partial charge in [-0.3, -0.25) is 9.88 Å². The molecule has 0 saturated carbocycles. The minimum atomic E-state index is -0.982. The number of nitrogens with zero attached hydrogens (tertiary/aromatic N) is 2. The molecule has 0 spiro atoms. The van der Waals surface area contributed by atoms with E-state index in [0.717, 1.165) is 17.7 Å². The molecule has 1 amide bonds. The molecule has 0 radical (unpaired) electrons. The Morgan fingerprint density at radius 3 is 2.70 bits per heavy atom. The lowest BCUT2D eigenvalue weighted by atomic mass is 9.97. The molecule has 1 saturated heterocycles. The molecule has 1 aliphatic heterocycles. The number of hydrogen-bond donors (Lipinski definition) is 1. The second-order valence-electron chi connectivity index (χ2n) is 7.10. The molecule has 1 N–H and O–H groups in total. The van der Waals surface area contributed by atoms with Crippen molar-refractivity contribution < 1.29 is 19.4 Å². The summed E-state index contributed by atoms with van der Waals surface area (Å²) in [5.74, 6) is -0.880. The first-order chi connectivity index (χ1) is 10.7. The Hall–Kier alpha value is -2.11. The van der Waals surface area contributed by atoms with Crippen LogP contribution >= 0.6 is 0 Å². The summed E-state index contributed by atoms with van der Waals surface area (Å²) in [7, 11) is 0. The third-order valence-electron chi connectivity index (χ3n) is 3.79. The molecule has 1 aliphatic rings. The molecule has 2 heterocycles. The van der Waals surface area contributed by atoms with Crippen LogP contribution in [0.4, 0.5) is 4.79 Å². The number of hydrogen-bond acceptors (Lipinski definition) is 4. The van der Waals surface area contributed by atoms with Gasteiger partial charge in [-0.25, -0.2) is 9.59 Å². The van der Waals surface area contributed by atoms with E-state index in [-0.39, 0.29) is 5.92 Å². The van der Waals surface area contributed by atoms with Crippen LogP contribution in [0.2, 0.25) is 0 Å². The minimum absolute atomic E-state index is 0.102. The molecule has 0 bridgehead atoms. The lowest BCUT2D eigenvalue weighted by Gasteiger charge is -2.26. The van der Waals surface area contributed by atoms with Crippen molar-refractivity contribution in [2.75, 3.05) is 6.54 Å². The number of ether oxygens (including phenoxy) is 1. The fraction of sp³-hybridized carbons (Fsp3) is 0.588. The van der Waals surface area contributed by atoms with Gasteiger partial charge in [-0.15, -0.1) is 0 Å². The summed E-state index contributed by atoms with van der Waals surface area (Å²) in [6.45, 7) is 7.63. The fourth-order valence-corrected chi connectivity index (χ4v) is 2.89. The number of rotatable bonds is 3. The van der Waals surface area contributed by atoms with Crippen molar-refractivity contribution in [3.05, 3.63) is 29.6 Å². The van der Waals surface area contributed by atoms with Crippen LogP contribution in [0.25, 0.3) is 0 Å². The van der Waals surface area contributed by atoms with E-state index in [1.165, 1.54) is 4.90 Å². The van der Waals surface area contributed by atoms with Gasteiger partial charge in [0.15, 0.2) is 0 Å². The highest BCUT2D eigenvalue weighted by molar-refractivity contribution is 5.81. The maximum Gasteiger partial charge on any atom is 0.411 e. The monoisotopic (exact) mass is 320 g/mol. The zero-order valence-corrected chi connectivity index (χ0v) is 14.1. The Labute approximate surface area is 136 Å². The Morgan fingerprint density at radius 1 is 1.43 bits per heavy atom.